The molecule has 0 saturated heterocycles. The van der Waals surface area contributed by atoms with Crippen LogP contribution in [-0.4, -0.2) is 17.9 Å². The second-order valence-corrected chi connectivity index (χ2v) is 3.94. The van der Waals surface area contributed by atoms with Gasteiger partial charge in [-0.05, 0) is 42.0 Å². The summed E-state index contributed by atoms with van der Waals surface area (Å²) in [4.78, 5) is 16.2. The molecule has 2 rings (SSSR count). The third-order valence-electron chi connectivity index (χ3n) is 2.81. The molecule has 94 valence electrons. The van der Waals surface area contributed by atoms with Crippen LogP contribution in [0.15, 0.2) is 48.8 Å². The summed E-state index contributed by atoms with van der Waals surface area (Å²) in [5.74, 6) is -0.360. The first-order chi connectivity index (χ1) is 9.26. The number of nitriles is 1. The summed E-state index contributed by atoms with van der Waals surface area (Å²) in [5.41, 5.74) is 1.14. The Labute approximate surface area is 111 Å². The second-order valence-electron chi connectivity index (χ2n) is 3.94. The van der Waals surface area contributed by atoms with E-state index in [1.807, 2.05) is 6.07 Å². The molecule has 1 heterocycles. The Morgan fingerprint density at radius 3 is 2.37 bits per heavy atom. The van der Waals surface area contributed by atoms with E-state index in [1.165, 1.54) is 0 Å². The largest absolute Gasteiger partial charge is 0.497 e. The topological polar surface area (TPSA) is 63.0 Å². The van der Waals surface area contributed by atoms with E-state index in [-0.39, 0.29) is 5.78 Å². The molecule has 4 nitrogen and oxygen atoms in total. The number of nitrogens with zero attached hydrogens (tertiary/aromatic N) is 2. The third kappa shape index (κ3) is 2.78. The lowest BCUT2D eigenvalue weighted by molar-refractivity contribution is 0.0979. The van der Waals surface area contributed by atoms with Crippen molar-refractivity contribution in [2.24, 2.45) is 0 Å². The molecule has 0 aliphatic heterocycles. The number of carbonyl (C=O) groups excluding carboxylic acids is 1. The molecule has 0 radical (unpaired) electrons. The minimum absolute atomic E-state index is 0.226. The van der Waals surface area contributed by atoms with Crippen LogP contribution in [0.3, 0.4) is 0 Å². The molecule has 1 aromatic carbocycles. The number of ether oxygens (including phenoxy) is 1. The molecule has 1 unspecified atom stereocenters. The lowest BCUT2D eigenvalue weighted by Crippen LogP contribution is -2.11. The fourth-order valence-corrected chi connectivity index (χ4v) is 1.76. The highest BCUT2D eigenvalue weighted by Gasteiger charge is 2.21. The summed E-state index contributed by atoms with van der Waals surface area (Å²) in [7, 11) is 1.56. The van der Waals surface area contributed by atoms with Crippen molar-refractivity contribution in [3.63, 3.8) is 0 Å². The molecule has 0 saturated carbocycles. The number of benzene rings is 1. The number of ketones is 1. The fourth-order valence-electron chi connectivity index (χ4n) is 1.76. The van der Waals surface area contributed by atoms with Gasteiger partial charge in [0.15, 0.2) is 5.78 Å². The Morgan fingerprint density at radius 2 is 1.84 bits per heavy atom. The van der Waals surface area contributed by atoms with Gasteiger partial charge in [0.1, 0.15) is 11.7 Å². The van der Waals surface area contributed by atoms with Crippen LogP contribution >= 0.6 is 0 Å². The highest BCUT2D eigenvalue weighted by molar-refractivity contribution is 6.02. The molecule has 1 aromatic heterocycles. The Balaban J connectivity index is 2.29. The van der Waals surface area contributed by atoms with E-state index in [0.717, 1.165) is 0 Å². The Hall–Kier alpha value is -2.67. The van der Waals surface area contributed by atoms with Crippen molar-refractivity contribution >= 4 is 5.78 Å². The van der Waals surface area contributed by atoms with Crippen molar-refractivity contribution in [3.05, 3.63) is 59.9 Å². The molecule has 4 heteroatoms. The van der Waals surface area contributed by atoms with Gasteiger partial charge in [-0.1, -0.05) is 0 Å². The van der Waals surface area contributed by atoms with Gasteiger partial charge >= 0.3 is 0 Å². The summed E-state index contributed by atoms with van der Waals surface area (Å²) in [6, 6.07) is 12.1. The maximum atomic E-state index is 12.3. The average Bonchev–Trinajstić information content (AvgIpc) is 2.49. The van der Waals surface area contributed by atoms with E-state index < -0.39 is 5.92 Å². The standard InChI is InChI=1S/C15H12N2O2/c1-19-13-4-2-12(3-5-13)15(18)14(10-16)11-6-8-17-9-7-11/h2-9,14H,1H3. The number of hydrogen-bond acceptors (Lipinski definition) is 4. The van der Waals surface area contributed by atoms with Crippen LogP contribution in [0.4, 0.5) is 0 Å². The van der Waals surface area contributed by atoms with Gasteiger partial charge in [-0.3, -0.25) is 9.78 Å². The van der Waals surface area contributed by atoms with Crippen LogP contribution in [-0.2, 0) is 0 Å². The minimum Gasteiger partial charge on any atom is -0.497 e. The van der Waals surface area contributed by atoms with E-state index in [0.29, 0.717) is 16.9 Å². The van der Waals surface area contributed by atoms with E-state index in [2.05, 4.69) is 4.98 Å². The number of rotatable bonds is 4. The number of aromatic nitrogens is 1. The maximum Gasteiger partial charge on any atom is 0.184 e. The number of Topliss-reactive ketones (excluding diaryl/α,β-unsaturated/α-hetero) is 1. The molecule has 0 aliphatic carbocycles. The van der Waals surface area contributed by atoms with E-state index in [4.69, 9.17) is 4.74 Å². The van der Waals surface area contributed by atoms with Crippen LogP contribution in [0.5, 0.6) is 5.75 Å². The van der Waals surface area contributed by atoms with E-state index >= 15 is 0 Å². The van der Waals surface area contributed by atoms with Crippen LogP contribution < -0.4 is 4.74 Å². The van der Waals surface area contributed by atoms with Gasteiger partial charge in [-0.2, -0.15) is 5.26 Å². The van der Waals surface area contributed by atoms with Crippen LogP contribution in [0.25, 0.3) is 0 Å². The van der Waals surface area contributed by atoms with Gasteiger partial charge in [0.05, 0.1) is 13.2 Å². The van der Waals surface area contributed by atoms with Crippen molar-refractivity contribution in [2.75, 3.05) is 7.11 Å². The molecule has 0 bridgehead atoms. The predicted octanol–water partition coefficient (Wildman–Crippen LogP) is 2.58. The minimum atomic E-state index is -0.809. The zero-order valence-electron chi connectivity index (χ0n) is 10.4. The zero-order chi connectivity index (χ0) is 13.7. The van der Waals surface area contributed by atoms with E-state index in [1.54, 1.807) is 55.9 Å². The zero-order valence-corrected chi connectivity index (χ0v) is 10.4. The van der Waals surface area contributed by atoms with Gasteiger partial charge in [0, 0.05) is 18.0 Å². The monoisotopic (exact) mass is 252 g/mol. The Bertz CT molecular complexity index is 600. The predicted molar refractivity (Wildman–Crippen MR) is 69.9 cm³/mol. The number of pyridine rings is 1. The molecule has 0 aliphatic rings. The van der Waals surface area contributed by atoms with Crippen molar-refractivity contribution in [2.45, 2.75) is 5.92 Å². The first-order valence-electron chi connectivity index (χ1n) is 5.74. The average molecular weight is 252 g/mol. The number of carbonyl (C=O) groups is 1. The quantitative estimate of drug-likeness (QED) is 0.784. The van der Waals surface area contributed by atoms with Crippen LogP contribution in [0.2, 0.25) is 0 Å². The van der Waals surface area contributed by atoms with Crippen molar-refractivity contribution < 1.29 is 9.53 Å². The molecule has 2 aromatic rings. The van der Waals surface area contributed by atoms with Gasteiger partial charge in [-0.25, -0.2) is 0 Å². The number of hydrogen-bond donors (Lipinski definition) is 0. The summed E-state index contributed by atoms with van der Waals surface area (Å²) < 4.78 is 5.04. The Kier molecular flexibility index (Phi) is 3.89. The van der Waals surface area contributed by atoms with E-state index in [9.17, 15) is 10.1 Å². The molecule has 0 fully saturated rings. The van der Waals surface area contributed by atoms with Gasteiger partial charge in [0.25, 0.3) is 0 Å². The fraction of sp³-hybridized carbons (Fsp3) is 0.133. The molecule has 0 spiro atoms. The smallest absolute Gasteiger partial charge is 0.184 e. The normalized spacial score (nSPS) is 11.4. The van der Waals surface area contributed by atoms with Crippen molar-refractivity contribution in [1.82, 2.24) is 4.98 Å². The highest BCUT2D eigenvalue weighted by atomic mass is 16.5. The molecule has 0 N–H and O–H groups in total. The van der Waals surface area contributed by atoms with Gasteiger partial charge < -0.3 is 4.74 Å². The molecule has 1 atom stereocenters. The summed E-state index contributed by atoms with van der Waals surface area (Å²) in [6.45, 7) is 0. The van der Waals surface area contributed by atoms with Crippen LogP contribution in [0, 0.1) is 11.3 Å². The number of methoxy groups -OCH3 is 1. The molecular formula is C15H12N2O2. The summed E-state index contributed by atoms with van der Waals surface area (Å²) in [5, 5.41) is 9.20. The van der Waals surface area contributed by atoms with Gasteiger partial charge in [-0.15, -0.1) is 0 Å². The van der Waals surface area contributed by atoms with Crippen LogP contribution in [0.1, 0.15) is 21.8 Å². The third-order valence-corrected chi connectivity index (χ3v) is 2.81. The maximum absolute atomic E-state index is 12.3. The molecular weight excluding hydrogens is 240 g/mol. The summed E-state index contributed by atoms with van der Waals surface area (Å²) in [6.07, 6.45) is 3.14. The lowest BCUT2D eigenvalue weighted by Gasteiger charge is -2.08. The molecule has 0 amide bonds. The second kappa shape index (κ2) is 5.78. The van der Waals surface area contributed by atoms with Gasteiger partial charge in [0.2, 0.25) is 0 Å². The first kappa shape index (κ1) is 12.8. The first-order valence-corrected chi connectivity index (χ1v) is 5.74. The Morgan fingerprint density at radius 1 is 1.21 bits per heavy atom. The highest BCUT2D eigenvalue weighted by Crippen LogP contribution is 2.21. The summed E-state index contributed by atoms with van der Waals surface area (Å²) >= 11 is 0. The van der Waals surface area contributed by atoms with Crippen molar-refractivity contribution in [3.8, 4) is 11.8 Å². The SMILES string of the molecule is COc1ccc(C(=O)C(C#N)c2ccncc2)cc1. The molecule has 19 heavy (non-hydrogen) atoms. The van der Waals surface area contributed by atoms with Crippen molar-refractivity contribution in [1.29, 1.82) is 5.26 Å². The lowest BCUT2D eigenvalue weighted by atomic mass is 9.92.